The van der Waals surface area contributed by atoms with Gasteiger partial charge in [-0.1, -0.05) is 188 Å². The van der Waals surface area contributed by atoms with Crippen molar-refractivity contribution in [3.8, 4) is 39.1 Å². The van der Waals surface area contributed by atoms with Crippen LogP contribution in [0.5, 0.6) is 0 Å². The average Bonchev–Trinajstić information content (AvgIpc) is 3.71. The zero-order valence-electron chi connectivity index (χ0n) is 36.1. The Morgan fingerprint density at radius 3 is 1.58 bits per heavy atom. The molecule has 0 amide bonds. The highest BCUT2D eigenvalue weighted by Gasteiger charge is 2.20. The van der Waals surface area contributed by atoms with Crippen LogP contribution in [0.4, 0.5) is 17.1 Å². The first-order valence-electron chi connectivity index (χ1n) is 22.7. The van der Waals surface area contributed by atoms with E-state index in [2.05, 4.69) is 264 Å². The molecule has 0 N–H and O–H groups in total. The lowest BCUT2D eigenvalue weighted by atomic mass is 9.94. The molecule has 2 nitrogen and oxygen atoms in total. The normalized spacial score (nSPS) is 11.6. The fraction of sp³-hybridized carbons (Fsp3) is 0. The molecule has 66 heavy (non-hydrogen) atoms. The Hall–Kier alpha value is -8.72. The maximum absolute atomic E-state index is 2.43. The van der Waals surface area contributed by atoms with Crippen LogP contribution >= 0.6 is 0 Å². The fourth-order valence-corrected chi connectivity index (χ4v) is 10.3. The van der Waals surface area contributed by atoms with Crippen molar-refractivity contribution in [1.29, 1.82) is 0 Å². The lowest BCUT2D eigenvalue weighted by Crippen LogP contribution is -2.11. The van der Waals surface area contributed by atoms with E-state index in [0.29, 0.717) is 0 Å². The number of hydrogen-bond acceptors (Lipinski definition) is 1. The Morgan fingerprint density at radius 1 is 0.258 bits per heavy atom. The van der Waals surface area contributed by atoms with E-state index in [1.54, 1.807) is 0 Å². The summed E-state index contributed by atoms with van der Waals surface area (Å²) >= 11 is 0. The molecular weight excluding hydrogens is 797 g/mol. The van der Waals surface area contributed by atoms with Gasteiger partial charge in [-0.2, -0.15) is 0 Å². The van der Waals surface area contributed by atoms with Gasteiger partial charge in [0.1, 0.15) is 0 Å². The lowest BCUT2D eigenvalue weighted by Gasteiger charge is -2.28. The number of nitrogens with zero attached hydrogens (tertiary/aromatic N) is 2. The molecule has 13 aromatic rings. The molecule has 13 rings (SSSR count). The van der Waals surface area contributed by atoms with E-state index < -0.39 is 0 Å². The first kappa shape index (κ1) is 37.8. The van der Waals surface area contributed by atoms with Gasteiger partial charge in [0, 0.05) is 33.4 Å². The van der Waals surface area contributed by atoms with Gasteiger partial charge >= 0.3 is 0 Å². The summed E-state index contributed by atoms with van der Waals surface area (Å²) in [5, 5.41) is 12.6. The number of anilines is 3. The van der Waals surface area contributed by atoms with Crippen LogP contribution in [0, 0.1) is 0 Å². The largest absolute Gasteiger partial charge is 0.310 e. The van der Waals surface area contributed by atoms with Crippen LogP contribution in [0.15, 0.2) is 255 Å². The summed E-state index contributed by atoms with van der Waals surface area (Å²) < 4.78 is 2.43. The predicted molar refractivity (Wildman–Crippen MR) is 282 cm³/mol. The van der Waals surface area contributed by atoms with Crippen LogP contribution in [0.3, 0.4) is 0 Å². The van der Waals surface area contributed by atoms with Gasteiger partial charge in [-0.05, 0) is 138 Å². The molecule has 12 aromatic carbocycles. The minimum Gasteiger partial charge on any atom is -0.310 e. The number of benzene rings is 12. The summed E-state index contributed by atoms with van der Waals surface area (Å²) in [6.07, 6.45) is 0. The minimum atomic E-state index is 1.09. The number of aromatic nitrogens is 1. The van der Waals surface area contributed by atoms with E-state index >= 15 is 0 Å². The van der Waals surface area contributed by atoms with Crippen LogP contribution in [-0.4, -0.2) is 4.57 Å². The second-order valence-corrected chi connectivity index (χ2v) is 17.3. The predicted octanol–water partition coefficient (Wildman–Crippen LogP) is 17.9. The molecule has 0 aliphatic rings. The third-order valence-corrected chi connectivity index (χ3v) is 13.5. The number of hydrogen-bond donors (Lipinski definition) is 0. The Labute approximate surface area is 383 Å². The molecule has 0 unspecified atom stereocenters. The second kappa shape index (κ2) is 15.5. The molecule has 0 radical (unpaired) electrons. The van der Waals surface area contributed by atoms with E-state index in [9.17, 15) is 0 Å². The summed E-state index contributed by atoms with van der Waals surface area (Å²) in [5.41, 5.74) is 13.9. The third-order valence-electron chi connectivity index (χ3n) is 13.5. The first-order chi connectivity index (χ1) is 32.7. The molecule has 0 spiro atoms. The molecule has 0 fully saturated rings. The van der Waals surface area contributed by atoms with Gasteiger partial charge in [-0.25, -0.2) is 0 Å². The zero-order valence-corrected chi connectivity index (χ0v) is 36.1. The van der Waals surface area contributed by atoms with Crippen molar-refractivity contribution in [1.82, 2.24) is 4.57 Å². The Bertz CT molecular complexity index is 3970. The maximum Gasteiger partial charge on any atom is 0.0547 e. The van der Waals surface area contributed by atoms with Gasteiger partial charge in [-0.15, -0.1) is 0 Å². The zero-order chi connectivity index (χ0) is 43.6. The van der Waals surface area contributed by atoms with Crippen molar-refractivity contribution < 1.29 is 0 Å². The molecule has 0 saturated heterocycles. The molecule has 0 aliphatic heterocycles. The molecule has 308 valence electrons. The summed E-state index contributed by atoms with van der Waals surface area (Å²) in [7, 11) is 0. The minimum absolute atomic E-state index is 1.09. The smallest absolute Gasteiger partial charge is 0.0547 e. The van der Waals surface area contributed by atoms with Crippen LogP contribution in [0.2, 0.25) is 0 Å². The summed E-state index contributed by atoms with van der Waals surface area (Å²) in [5.74, 6) is 0. The highest BCUT2D eigenvalue weighted by atomic mass is 15.1. The summed E-state index contributed by atoms with van der Waals surface area (Å²) in [6, 6.07) is 93.3. The molecule has 0 saturated carbocycles. The van der Waals surface area contributed by atoms with E-state index in [1.165, 1.54) is 87.1 Å². The van der Waals surface area contributed by atoms with Gasteiger partial charge in [0.05, 0.1) is 16.7 Å². The molecule has 0 atom stereocenters. The highest BCUT2D eigenvalue weighted by Crippen LogP contribution is 2.44. The quantitative estimate of drug-likeness (QED) is 0.145. The van der Waals surface area contributed by atoms with Crippen molar-refractivity contribution in [2.45, 2.75) is 0 Å². The van der Waals surface area contributed by atoms with Gasteiger partial charge in [0.25, 0.3) is 0 Å². The first-order valence-corrected chi connectivity index (χ1v) is 22.7. The Morgan fingerprint density at radius 2 is 0.803 bits per heavy atom. The van der Waals surface area contributed by atoms with Crippen molar-refractivity contribution >= 4 is 82.0 Å². The van der Waals surface area contributed by atoms with E-state index in [4.69, 9.17) is 0 Å². The van der Waals surface area contributed by atoms with Gasteiger partial charge in [-0.3, -0.25) is 0 Å². The summed E-state index contributed by atoms with van der Waals surface area (Å²) in [6.45, 7) is 0. The number of rotatable bonds is 7. The van der Waals surface area contributed by atoms with Crippen molar-refractivity contribution in [3.63, 3.8) is 0 Å². The summed E-state index contributed by atoms with van der Waals surface area (Å²) in [4.78, 5) is 2.41. The molecule has 0 aliphatic carbocycles. The third kappa shape index (κ3) is 6.34. The van der Waals surface area contributed by atoms with E-state index in [-0.39, 0.29) is 0 Å². The number of fused-ring (bicyclic) bond motifs is 9. The molecule has 1 heterocycles. The Kier molecular flexibility index (Phi) is 8.89. The second-order valence-electron chi connectivity index (χ2n) is 17.3. The number of para-hydroxylation sites is 2. The van der Waals surface area contributed by atoms with E-state index in [0.717, 1.165) is 33.9 Å². The van der Waals surface area contributed by atoms with E-state index in [1.807, 2.05) is 0 Å². The van der Waals surface area contributed by atoms with Crippen LogP contribution < -0.4 is 4.90 Å². The highest BCUT2D eigenvalue weighted by molar-refractivity contribution is 6.18. The van der Waals surface area contributed by atoms with Crippen LogP contribution in [0.1, 0.15) is 0 Å². The van der Waals surface area contributed by atoms with Crippen LogP contribution in [-0.2, 0) is 0 Å². The standard InChI is InChI=1S/C64H42N2/c1-2-13-43(14-3-1)44-27-33-52(34-28-44)65(53-35-29-45(30-36-53)50-26-25-47-32-37-57-55-20-7-6-15-46(55)31-38-58(57)60(47)40-50)62-23-10-8-21-56(62)51-18-12-19-54(39-51)66-63-24-11-9-22-59(63)61-41-48-16-4-5-17-49(48)42-64(61)66/h1-42H. The van der Waals surface area contributed by atoms with Crippen LogP contribution in [0.25, 0.3) is 104 Å². The lowest BCUT2D eigenvalue weighted by molar-refractivity contribution is 1.18. The monoisotopic (exact) mass is 838 g/mol. The maximum atomic E-state index is 2.43. The molecule has 2 heteroatoms. The average molecular weight is 839 g/mol. The molecule has 0 bridgehead atoms. The fourth-order valence-electron chi connectivity index (χ4n) is 10.3. The topological polar surface area (TPSA) is 8.17 Å². The molecular formula is C64H42N2. The molecule has 1 aromatic heterocycles. The Balaban J connectivity index is 0.938. The van der Waals surface area contributed by atoms with Crippen molar-refractivity contribution in [2.75, 3.05) is 4.90 Å². The van der Waals surface area contributed by atoms with Gasteiger partial charge in [0.15, 0.2) is 0 Å². The van der Waals surface area contributed by atoms with Crippen molar-refractivity contribution in [2.24, 2.45) is 0 Å². The van der Waals surface area contributed by atoms with Crippen molar-refractivity contribution in [3.05, 3.63) is 255 Å². The van der Waals surface area contributed by atoms with Gasteiger partial charge < -0.3 is 9.47 Å². The SMILES string of the molecule is c1ccc(-c2ccc(N(c3ccc(-c4ccc5ccc6c7ccccc7ccc6c5c4)cc3)c3ccccc3-c3cccc(-n4c5ccccc5c5cc6ccccc6cc54)c3)cc2)cc1. The van der Waals surface area contributed by atoms with Gasteiger partial charge in [0.2, 0.25) is 0 Å².